The topological polar surface area (TPSA) is 108 Å². The average molecular weight is 412 g/mol. The Morgan fingerprint density at radius 2 is 2.03 bits per heavy atom. The summed E-state index contributed by atoms with van der Waals surface area (Å²) in [5.74, 6) is -1.36. The van der Waals surface area contributed by atoms with Gasteiger partial charge in [0.1, 0.15) is 11.5 Å². The maximum absolute atomic E-state index is 13.3. The summed E-state index contributed by atoms with van der Waals surface area (Å²) in [7, 11) is 0. The minimum Gasteiger partial charge on any atom is -0.394 e. The number of carbonyl (C=O) groups is 2. The molecular formula is C21H21FN4O4. The van der Waals surface area contributed by atoms with Crippen LogP contribution in [0.4, 0.5) is 4.39 Å². The number of hydroxylamine groups is 1. The molecule has 0 unspecified atom stereocenters. The third-order valence-electron chi connectivity index (χ3n) is 5.45. The van der Waals surface area contributed by atoms with Crippen molar-refractivity contribution in [1.82, 2.24) is 19.9 Å². The third-order valence-corrected chi connectivity index (χ3v) is 5.45. The highest BCUT2D eigenvalue weighted by Crippen LogP contribution is 2.27. The molecule has 0 spiro atoms. The highest BCUT2D eigenvalue weighted by atomic mass is 19.1. The molecule has 3 N–H and O–H groups in total. The van der Waals surface area contributed by atoms with Crippen LogP contribution in [0.5, 0.6) is 0 Å². The average Bonchev–Trinajstić information content (AvgIpc) is 3.39. The van der Waals surface area contributed by atoms with Crippen molar-refractivity contribution in [2.24, 2.45) is 0 Å². The number of pyridine rings is 1. The molecule has 9 heteroatoms. The molecule has 1 saturated heterocycles. The number of nitrogens with one attached hydrogen (secondary N) is 1. The Morgan fingerprint density at radius 1 is 1.27 bits per heavy atom. The molecule has 8 nitrogen and oxygen atoms in total. The molecule has 3 heterocycles. The number of hydrogen-bond acceptors (Lipinski definition) is 5. The molecular weight excluding hydrogens is 391 g/mol. The molecule has 1 aliphatic rings. The van der Waals surface area contributed by atoms with E-state index in [1.54, 1.807) is 28.7 Å². The van der Waals surface area contributed by atoms with E-state index in [9.17, 15) is 19.1 Å². The van der Waals surface area contributed by atoms with Gasteiger partial charge in [0, 0.05) is 24.7 Å². The van der Waals surface area contributed by atoms with Crippen molar-refractivity contribution >= 4 is 22.7 Å². The molecule has 0 aliphatic carbocycles. The monoisotopic (exact) mass is 412 g/mol. The second-order valence-corrected chi connectivity index (χ2v) is 7.30. The SMILES string of the molecule is O=C(NO)c1cc2c(C(=O)N3CCC[C@H]3CO)cn(Cc3ccc(F)cc3)c2cn1. The molecule has 30 heavy (non-hydrogen) atoms. The summed E-state index contributed by atoms with van der Waals surface area (Å²) in [4.78, 5) is 30.8. The minimum absolute atomic E-state index is 0.0290. The van der Waals surface area contributed by atoms with Gasteiger partial charge in [0.25, 0.3) is 11.8 Å². The molecule has 1 fully saturated rings. The first-order valence-electron chi connectivity index (χ1n) is 9.61. The van der Waals surface area contributed by atoms with E-state index in [-0.39, 0.29) is 30.1 Å². The van der Waals surface area contributed by atoms with Crippen LogP contribution >= 0.6 is 0 Å². The van der Waals surface area contributed by atoms with Crippen LogP contribution in [0.15, 0.2) is 42.7 Å². The van der Waals surface area contributed by atoms with Crippen LogP contribution < -0.4 is 5.48 Å². The van der Waals surface area contributed by atoms with Gasteiger partial charge in [-0.2, -0.15) is 0 Å². The first-order chi connectivity index (χ1) is 14.5. The van der Waals surface area contributed by atoms with E-state index in [2.05, 4.69) is 4.98 Å². The van der Waals surface area contributed by atoms with Crippen LogP contribution in [0.25, 0.3) is 10.9 Å². The summed E-state index contributed by atoms with van der Waals surface area (Å²) in [6, 6.07) is 7.27. The lowest BCUT2D eigenvalue weighted by Gasteiger charge is -2.22. The highest BCUT2D eigenvalue weighted by Gasteiger charge is 2.31. The Hall–Kier alpha value is -3.30. The van der Waals surface area contributed by atoms with Gasteiger partial charge < -0.3 is 14.6 Å². The third kappa shape index (κ3) is 3.64. The summed E-state index contributed by atoms with van der Waals surface area (Å²) in [6.45, 7) is 0.810. The van der Waals surface area contributed by atoms with E-state index in [4.69, 9.17) is 5.21 Å². The number of amides is 2. The van der Waals surface area contributed by atoms with Crippen molar-refractivity contribution < 1.29 is 24.3 Å². The molecule has 0 radical (unpaired) electrons. The van der Waals surface area contributed by atoms with Gasteiger partial charge in [-0.1, -0.05) is 12.1 Å². The number of aromatic nitrogens is 2. The number of hydrogen-bond donors (Lipinski definition) is 3. The summed E-state index contributed by atoms with van der Waals surface area (Å²) in [5.41, 5.74) is 3.35. The van der Waals surface area contributed by atoms with Crippen LogP contribution in [0.1, 0.15) is 39.3 Å². The van der Waals surface area contributed by atoms with Gasteiger partial charge in [-0.25, -0.2) is 14.9 Å². The fraction of sp³-hybridized carbons (Fsp3) is 0.286. The van der Waals surface area contributed by atoms with Crippen molar-refractivity contribution in [3.63, 3.8) is 0 Å². The number of halogens is 1. The van der Waals surface area contributed by atoms with Gasteiger partial charge in [0.2, 0.25) is 0 Å². The predicted molar refractivity (Wildman–Crippen MR) is 106 cm³/mol. The summed E-state index contributed by atoms with van der Waals surface area (Å²) in [6.07, 6.45) is 4.69. The van der Waals surface area contributed by atoms with Gasteiger partial charge in [-0.05, 0) is 36.6 Å². The predicted octanol–water partition coefficient (Wildman–Crippen LogP) is 1.94. The molecule has 0 bridgehead atoms. The Morgan fingerprint density at radius 3 is 2.73 bits per heavy atom. The number of carbonyl (C=O) groups excluding carboxylic acids is 2. The van der Waals surface area contributed by atoms with Crippen LogP contribution in [-0.4, -0.2) is 55.8 Å². The van der Waals surface area contributed by atoms with Gasteiger partial charge in [0.15, 0.2) is 0 Å². The second kappa shape index (κ2) is 8.21. The van der Waals surface area contributed by atoms with E-state index in [0.29, 0.717) is 29.6 Å². The van der Waals surface area contributed by atoms with Crippen molar-refractivity contribution in [2.75, 3.05) is 13.2 Å². The maximum Gasteiger partial charge on any atom is 0.293 e. The van der Waals surface area contributed by atoms with Crippen molar-refractivity contribution in [2.45, 2.75) is 25.4 Å². The molecule has 1 aromatic carbocycles. The number of rotatable bonds is 5. The van der Waals surface area contributed by atoms with Crippen LogP contribution in [-0.2, 0) is 6.54 Å². The van der Waals surface area contributed by atoms with Gasteiger partial charge in [-0.3, -0.25) is 14.8 Å². The lowest BCUT2D eigenvalue weighted by atomic mass is 10.1. The molecule has 2 aromatic heterocycles. The van der Waals surface area contributed by atoms with E-state index in [1.165, 1.54) is 24.4 Å². The number of aliphatic hydroxyl groups excluding tert-OH is 1. The summed E-state index contributed by atoms with van der Waals surface area (Å²) < 4.78 is 15.1. The Kier molecular flexibility index (Phi) is 5.47. The van der Waals surface area contributed by atoms with Crippen LogP contribution in [0.2, 0.25) is 0 Å². The zero-order valence-corrected chi connectivity index (χ0v) is 16.1. The first-order valence-corrected chi connectivity index (χ1v) is 9.61. The molecule has 1 aliphatic heterocycles. The summed E-state index contributed by atoms with van der Waals surface area (Å²) in [5, 5.41) is 19.0. The normalized spacial score (nSPS) is 16.2. The fourth-order valence-electron chi connectivity index (χ4n) is 3.90. The van der Waals surface area contributed by atoms with Gasteiger partial charge in [-0.15, -0.1) is 0 Å². The van der Waals surface area contributed by atoms with Crippen molar-refractivity contribution in [3.8, 4) is 0 Å². The Bertz CT molecular complexity index is 1100. The number of likely N-dealkylation sites (tertiary alicyclic amines) is 1. The molecule has 1 atom stereocenters. The summed E-state index contributed by atoms with van der Waals surface area (Å²) >= 11 is 0. The lowest BCUT2D eigenvalue weighted by Crippen LogP contribution is -2.37. The first kappa shape index (κ1) is 20.0. The molecule has 156 valence electrons. The molecule has 2 amide bonds. The standard InChI is InChI=1S/C21H21FN4O4/c22-14-5-3-13(4-6-14)10-25-11-17(21(29)26-7-1-2-15(26)12-27)16-8-18(20(28)24-30)23-9-19(16)25/h3-6,8-9,11,15,27,30H,1-2,7,10,12H2,(H,24,28)/t15-/m0/s1. The number of aliphatic hydroxyl groups is 1. The molecule has 3 aromatic rings. The smallest absolute Gasteiger partial charge is 0.293 e. The molecule has 0 saturated carbocycles. The quantitative estimate of drug-likeness (QED) is 0.439. The van der Waals surface area contributed by atoms with Crippen molar-refractivity contribution in [1.29, 1.82) is 0 Å². The zero-order valence-electron chi connectivity index (χ0n) is 16.1. The minimum atomic E-state index is -0.781. The lowest BCUT2D eigenvalue weighted by molar-refractivity contribution is 0.0677. The maximum atomic E-state index is 13.3. The van der Waals surface area contributed by atoms with E-state index >= 15 is 0 Å². The van der Waals surface area contributed by atoms with E-state index < -0.39 is 5.91 Å². The van der Waals surface area contributed by atoms with Gasteiger partial charge >= 0.3 is 0 Å². The van der Waals surface area contributed by atoms with Crippen LogP contribution in [0, 0.1) is 5.82 Å². The molecule has 4 rings (SSSR count). The fourth-order valence-corrected chi connectivity index (χ4v) is 3.90. The number of fused-ring (bicyclic) bond motifs is 1. The largest absolute Gasteiger partial charge is 0.394 e. The Labute approximate surface area is 171 Å². The van der Waals surface area contributed by atoms with Crippen LogP contribution in [0.3, 0.4) is 0 Å². The second-order valence-electron chi connectivity index (χ2n) is 7.30. The number of benzene rings is 1. The highest BCUT2D eigenvalue weighted by molar-refractivity contribution is 6.08. The van der Waals surface area contributed by atoms with E-state index in [0.717, 1.165) is 18.4 Å². The number of nitrogens with zero attached hydrogens (tertiary/aromatic N) is 3. The van der Waals surface area contributed by atoms with Crippen molar-refractivity contribution in [3.05, 3.63) is 65.4 Å². The van der Waals surface area contributed by atoms with Gasteiger partial charge in [0.05, 0.1) is 29.9 Å². The van der Waals surface area contributed by atoms with E-state index in [1.807, 2.05) is 4.57 Å². The Balaban J connectivity index is 1.79. The zero-order chi connectivity index (χ0) is 21.3.